The first-order valence-corrected chi connectivity index (χ1v) is 7.30. The van der Waals surface area contributed by atoms with E-state index >= 15 is 0 Å². The topological polar surface area (TPSA) is 80.3 Å². The van der Waals surface area contributed by atoms with Crippen LogP contribution in [-0.2, 0) is 0 Å². The number of aromatic carboxylic acids is 2. The molecule has 0 bridgehead atoms. The number of carboxylic acid groups (broad SMARTS) is 2. The molecule has 0 N–H and O–H groups in total. The van der Waals surface area contributed by atoms with Crippen LogP contribution in [0, 0.1) is 0 Å². The zero-order valence-electron chi connectivity index (χ0n) is 12.6. The Kier molecular flexibility index (Phi) is 4.12. The van der Waals surface area contributed by atoms with E-state index in [1.807, 2.05) is 6.07 Å². The minimum atomic E-state index is -1.43. The first kappa shape index (κ1) is 15.5. The predicted octanol–water partition coefficient (Wildman–Crippen LogP) is 1.75. The van der Waals surface area contributed by atoms with Gasteiger partial charge < -0.3 is 19.8 Å². The second-order valence-electron chi connectivity index (χ2n) is 5.22. The SMILES string of the molecule is O=C([O-])c1ccc(-c2ccccc2)c(C(=O)[O-])c1-c1ccccc1. The summed E-state index contributed by atoms with van der Waals surface area (Å²) in [6, 6.07) is 20.2. The summed E-state index contributed by atoms with van der Waals surface area (Å²) >= 11 is 0. The second kappa shape index (κ2) is 6.38. The Labute approximate surface area is 138 Å². The van der Waals surface area contributed by atoms with E-state index in [1.54, 1.807) is 54.6 Å². The minimum Gasteiger partial charge on any atom is -0.545 e. The fourth-order valence-electron chi connectivity index (χ4n) is 2.75. The quantitative estimate of drug-likeness (QED) is 0.734. The first-order valence-electron chi connectivity index (χ1n) is 7.30. The molecule has 3 aromatic rings. The van der Waals surface area contributed by atoms with Crippen LogP contribution in [0.1, 0.15) is 20.7 Å². The Morgan fingerprint density at radius 2 is 1.17 bits per heavy atom. The Balaban J connectivity index is 2.40. The standard InChI is InChI=1S/C20H14O4/c21-19(22)16-12-11-15(13-7-3-1-4-8-13)18(20(23)24)17(16)14-9-5-2-6-10-14/h1-12H,(H,21,22)(H,23,24)/p-2. The lowest BCUT2D eigenvalue weighted by atomic mass is 9.88. The fraction of sp³-hybridized carbons (Fsp3) is 0. The van der Waals surface area contributed by atoms with Gasteiger partial charge in [0.1, 0.15) is 0 Å². The Bertz CT molecular complexity index is 900. The minimum absolute atomic E-state index is 0.0944. The van der Waals surface area contributed by atoms with E-state index < -0.39 is 11.9 Å². The van der Waals surface area contributed by atoms with Crippen molar-refractivity contribution in [1.29, 1.82) is 0 Å². The van der Waals surface area contributed by atoms with Crippen LogP contribution in [0.2, 0.25) is 0 Å². The normalized spacial score (nSPS) is 10.3. The van der Waals surface area contributed by atoms with E-state index in [9.17, 15) is 19.8 Å². The number of hydrogen-bond acceptors (Lipinski definition) is 4. The van der Waals surface area contributed by atoms with Crippen molar-refractivity contribution in [3.63, 3.8) is 0 Å². The maximum Gasteiger partial charge on any atom is 0.0728 e. The highest BCUT2D eigenvalue weighted by Gasteiger charge is 2.17. The van der Waals surface area contributed by atoms with Gasteiger partial charge in [0, 0.05) is 16.7 Å². The summed E-state index contributed by atoms with van der Waals surface area (Å²) in [5.74, 6) is -2.87. The van der Waals surface area contributed by atoms with E-state index in [-0.39, 0.29) is 16.7 Å². The van der Waals surface area contributed by atoms with Crippen LogP contribution in [0.15, 0.2) is 72.8 Å². The maximum absolute atomic E-state index is 11.8. The third kappa shape index (κ3) is 2.77. The van der Waals surface area contributed by atoms with Crippen molar-refractivity contribution in [1.82, 2.24) is 0 Å². The zero-order chi connectivity index (χ0) is 17.1. The van der Waals surface area contributed by atoms with Gasteiger partial charge in [-0.3, -0.25) is 0 Å². The lowest BCUT2D eigenvalue weighted by Crippen LogP contribution is -2.28. The molecule has 0 saturated heterocycles. The molecule has 0 aromatic heterocycles. The molecule has 0 amide bonds. The summed E-state index contributed by atoms with van der Waals surface area (Å²) in [5.41, 5.74) is 1.30. The first-order chi connectivity index (χ1) is 11.6. The van der Waals surface area contributed by atoms with Crippen molar-refractivity contribution in [2.24, 2.45) is 0 Å². The lowest BCUT2D eigenvalue weighted by Gasteiger charge is -2.20. The number of carboxylic acids is 2. The maximum atomic E-state index is 11.8. The number of hydrogen-bond donors (Lipinski definition) is 0. The van der Waals surface area contributed by atoms with Gasteiger partial charge in [0.25, 0.3) is 0 Å². The molecular formula is C20H12O4-2. The summed E-state index contributed by atoms with van der Waals surface area (Å²) in [4.78, 5) is 23.3. The highest BCUT2D eigenvalue weighted by molar-refractivity contribution is 6.08. The molecule has 3 rings (SSSR count). The van der Waals surface area contributed by atoms with Gasteiger partial charge in [0.2, 0.25) is 0 Å². The molecule has 0 saturated carbocycles. The molecule has 0 aliphatic heterocycles. The summed E-state index contributed by atoms with van der Waals surface area (Å²) in [6.07, 6.45) is 0. The average molecular weight is 316 g/mol. The van der Waals surface area contributed by atoms with Gasteiger partial charge in [-0.1, -0.05) is 72.8 Å². The smallest absolute Gasteiger partial charge is 0.0728 e. The van der Waals surface area contributed by atoms with E-state index in [0.717, 1.165) is 0 Å². The van der Waals surface area contributed by atoms with Crippen LogP contribution in [0.4, 0.5) is 0 Å². The van der Waals surface area contributed by atoms with Gasteiger partial charge in [-0.05, 0) is 16.7 Å². The van der Waals surface area contributed by atoms with Gasteiger partial charge in [0.05, 0.1) is 11.9 Å². The monoisotopic (exact) mass is 316 g/mol. The van der Waals surface area contributed by atoms with Crippen LogP contribution >= 0.6 is 0 Å². The van der Waals surface area contributed by atoms with Crippen molar-refractivity contribution in [2.45, 2.75) is 0 Å². The van der Waals surface area contributed by atoms with Gasteiger partial charge in [0.15, 0.2) is 0 Å². The van der Waals surface area contributed by atoms with Gasteiger partial charge >= 0.3 is 0 Å². The van der Waals surface area contributed by atoms with Crippen molar-refractivity contribution in [3.05, 3.63) is 83.9 Å². The molecule has 0 fully saturated rings. The summed E-state index contributed by atoms with van der Waals surface area (Å²) in [7, 11) is 0. The number of carbonyl (C=O) groups excluding carboxylic acids is 2. The van der Waals surface area contributed by atoms with Crippen LogP contribution < -0.4 is 10.2 Å². The van der Waals surface area contributed by atoms with Crippen molar-refractivity contribution >= 4 is 11.9 Å². The van der Waals surface area contributed by atoms with Gasteiger partial charge in [-0.25, -0.2) is 0 Å². The Morgan fingerprint density at radius 3 is 1.67 bits per heavy atom. The van der Waals surface area contributed by atoms with Crippen LogP contribution in [0.5, 0.6) is 0 Å². The number of carbonyl (C=O) groups is 2. The van der Waals surface area contributed by atoms with E-state index in [2.05, 4.69) is 0 Å². The third-order valence-corrected chi connectivity index (χ3v) is 3.78. The molecule has 4 heteroatoms. The summed E-state index contributed by atoms with van der Waals surface area (Å²) in [5, 5.41) is 23.3. The zero-order valence-corrected chi connectivity index (χ0v) is 12.6. The molecule has 3 aromatic carbocycles. The third-order valence-electron chi connectivity index (χ3n) is 3.78. The van der Waals surface area contributed by atoms with Crippen LogP contribution in [0.25, 0.3) is 22.3 Å². The van der Waals surface area contributed by atoms with Crippen molar-refractivity contribution in [3.8, 4) is 22.3 Å². The molecule has 0 spiro atoms. The van der Waals surface area contributed by atoms with Gasteiger partial charge in [-0.15, -0.1) is 0 Å². The summed E-state index contributed by atoms with van der Waals surface area (Å²) < 4.78 is 0. The molecule has 0 heterocycles. The second-order valence-corrected chi connectivity index (χ2v) is 5.22. The van der Waals surface area contributed by atoms with E-state index in [1.165, 1.54) is 12.1 Å². The van der Waals surface area contributed by atoms with Crippen LogP contribution in [-0.4, -0.2) is 11.9 Å². The molecule has 0 radical (unpaired) electrons. The number of rotatable bonds is 4. The molecule has 0 unspecified atom stereocenters. The molecular weight excluding hydrogens is 304 g/mol. The van der Waals surface area contributed by atoms with Crippen LogP contribution in [0.3, 0.4) is 0 Å². The number of benzene rings is 3. The summed E-state index contributed by atoms with van der Waals surface area (Å²) in [6.45, 7) is 0. The highest BCUT2D eigenvalue weighted by atomic mass is 16.4. The molecule has 0 atom stereocenters. The highest BCUT2D eigenvalue weighted by Crippen LogP contribution is 2.34. The molecule has 0 aliphatic carbocycles. The molecule has 0 aliphatic rings. The predicted molar refractivity (Wildman–Crippen MR) is 86.0 cm³/mol. The largest absolute Gasteiger partial charge is 0.545 e. The lowest BCUT2D eigenvalue weighted by molar-refractivity contribution is -0.255. The van der Waals surface area contributed by atoms with Crippen molar-refractivity contribution in [2.75, 3.05) is 0 Å². The Morgan fingerprint density at radius 1 is 0.625 bits per heavy atom. The van der Waals surface area contributed by atoms with E-state index in [4.69, 9.17) is 0 Å². The molecule has 118 valence electrons. The molecule has 24 heavy (non-hydrogen) atoms. The van der Waals surface area contributed by atoms with E-state index in [0.29, 0.717) is 16.7 Å². The van der Waals surface area contributed by atoms with Gasteiger partial charge in [-0.2, -0.15) is 0 Å². The Hall–Kier alpha value is -3.40. The van der Waals surface area contributed by atoms with Crippen molar-refractivity contribution < 1.29 is 19.8 Å². The molecule has 4 nitrogen and oxygen atoms in total. The fourth-order valence-corrected chi connectivity index (χ4v) is 2.75. The average Bonchev–Trinajstić information content (AvgIpc) is 2.61.